The van der Waals surface area contributed by atoms with Crippen molar-refractivity contribution in [2.24, 2.45) is 5.92 Å². The molecular formula is C48H30F3N. The predicted molar refractivity (Wildman–Crippen MR) is 206 cm³/mol. The minimum absolute atomic E-state index is 0.0667. The van der Waals surface area contributed by atoms with Gasteiger partial charge in [-0.2, -0.15) is 13.2 Å². The van der Waals surface area contributed by atoms with E-state index in [9.17, 15) is 13.2 Å². The van der Waals surface area contributed by atoms with E-state index in [2.05, 4.69) is 121 Å². The molecule has 0 spiro atoms. The molecule has 4 heteroatoms. The summed E-state index contributed by atoms with van der Waals surface area (Å²) in [7, 11) is 0. The molecule has 1 nitrogen and oxygen atoms in total. The van der Waals surface area contributed by atoms with Crippen molar-refractivity contribution in [1.82, 2.24) is 4.98 Å². The van der Waals surface area contributed by atoms with Crippen LogP contribution in [0.15, 0.2) is 175 Å². The molecule has 0 fully saturated rings. The fourth-order valence-corrected chi connectivity index (χ4v) is 8.69. The highest BCUT2D eigenvalue weighted by Crippen LogP contribution is 2.62. The van der Waals surface area contributed by atoms with Gasteiger partial charge in [0.15, 0.2) is 0 Å². The monoisotopic (exact) mass is 677 g/mol. The van der Waals surface area contributed by atoms with Gasteiger partial charge in [-0.3, -0.25) is 0 Å². The van der Waals surface area contributed by atoms with Crippen LogP contribution in [0.2, 0.25) is 0 Å². The van der Waals surface area contributed by atoms with Gasteiger partial charge in [-0.05, 0) is 78.9 Å². The maximum Gasteiger partial charge on any atom is 0.416 e. The first-order valence-electron chi connectivity index (χ1n) is 17.5. The van der Waals surface area contributed by atoms with Crippen LogP contribution in [-0.2, 0) is 6.18 Å². The topological polar surface area (TPSA) is 12.9 Å². The van der Waals surface area contributed by atoms with Crippen LogP contribution in [-0.4, -0.2) is 4.98 Å². The van der Waals surface area contributed by atoms with E-state index in [1.807, 2.05) is 24.3 Å². The summed E-state index contributed by atoms with van der Waals surface area (Å²) in [6.07, 6.45) is 6.89. The molecule has 3 aliphatic carbocycles. The quantitative estimate of drug-likeness (QED) is 0.181. The smallest absolute Gasteiger partial charge is 0.247 e. The Kier molecular flexibility index (Phi) is 6.84. The van der Waals surface area contributed by atoms with E-state index in [0.717, 1.165) is 34.2 Å². The largest absolute Gasteiger partial charge is 0.416 e. The first kappa shape index (κ1) is 30.6. The Bertz CT molecular complexity index is 2700. The molecule has 0 saturated carbocycles. The average molecular weight is 678 g/mol. The fourth-order valence-electron chi connectivity index (χ4n) is 8.69. The highest BCUT2D eigenvalue weighted by Gasteiger charge is 2.45. The minimum Gasteiger partial charge on any atom is -0.247 e. The van der Waals surface area contributed by atoms with E-state index in [1.54, 1.807) is 0 Å². The summed E-state index contributed by atoms with van der Waals surface area (Å²) in [4.78, 5) is 5.23. The van der Waals surface area contributed by atoms with Crippen LogP contribution in [0, 0.1) is 5.92 Å². The molecule has 0 saturated heterocycles. The summed E-state index contributed by atoms with van der Waals surface area (Å²) >= 11 is 0. The molecule has 0 bridgehead atoms. The molecule has 0 aliphatic heterocycles. The normalized spacial score (nSPS) is 17.4. The second-order valence-electron chi connectivity index (χ2n) is 13.7. The van der Waals surface area contributed by atoms with Gasteiger partial charge in [0, 0.05) is 28.4 Å². The number of alkyl halides is 3. The SMILES string of the molecule is FC(F)(F)c1ccc(-c2cc3ccccc3c(C3=CC=C4c5c(c(-c6ccccc6)c6ccccc6c5-c5ccccc5)C5C=CC=C3C45)n2)cc1. The Balaban J connectivity index is 1.23. The number of allylic oxidation sites excluding steroid dienone is 8. The van der Waals surface area contributed by atoms with Crippen molar-refractivity contribution in [3.05, 3.63) is 198 Å². The Hall–Kier alpha value is -6.26. The fraction of sp³-hybridized carbons (Fsp3) is 0.0625. The highest BCUT2D eigenvalue weighted by molar-refractivity contribution is 6.14. The molecule has 0 amide bonds. The Morgan fingerprint density at radius 1 is 0.519 bits per heavy atom. The lowest BCUT2D eigenvalue weighted by molar-refractivity contribution is -0.137. The van der Waals surface area contributed by atoms with Gasteiger partial charge in [-0.1, -0.05) is 152 Å². The van der Waals surface area contributed by atoms with Crippen molar-refractivity contribution in [1.29, 1.82) is 0 Å². The minimum atomic E-state index is -4.40. The predicted octanol–water partition coefficient (Wildman–Crippen LogP) is 13.1. The zero-order valence-corrected chi connectivity index (χ0v) is 27.9. The molecule has 1 aromatic heterocycles. The summed E-state index contributed by atoms with van der Waals surface area (Å²) < 4.78 is 40.3. The lowest BCUT2D eigenvalue weighted by Crippen LogP contribution is -2.16. The molecule has 0 radical (unpaired) electrons. The number of pyridine rings is 1. The standard InChI is InChI=1S/C48H30F3N/c49-48(50,51)33-24-22-29(23-25-33)41-28-32-16-7-8-17-34(32)47(52-41)38-26-27-40-44-37(38)20-11-21-39(44)45-42(30-12-3-1-4-13-30)35-18-9-10-19-36(35)43(46(40)45)31-14-5-2-6-15-31/h1-28,39,44H. The van der Waals surface area contributed by atoms with Crippen molar-refractivity contribution in [3.8, 4) is 33.5 Å². The first-order chi connectivity index (χ1) is 25.5. The molecular weight excluding hydrogens is 648 g/mol. The van der Waals surface area contributed by atoms with Gasteiger partial charge in [0.05, 0.1) is 17.0 Å². The number of halogens is 3. The maximum absolute atomic E-state index is 13.4. The van der Waals surface area contributed by atoms with Crippen LogP contribution in [0.1, 0.15) is 28.3 Å². The summed E-state index contributed by atoms with van der Waals surface area (Å²) in [6.45, 7) is 0. The summed E-state index contributed by atoms with van der Waals surface area (Å²) in [5, 5.41) is 4.46. The number of rotatable bonds is 4. The lowest BCUT2D eigenvalue weighted by Gasteiger charge is -2.30. The van der Waals surface area contributed by atoms with Crippen molar-refractivity contribution in [2.45, 2.75) is 12.1 Å². The number of hydrogen-bond donors (Lipinski definition) is 0. The number of hydrogen-bond acceptors (Lipinski definition) is 1. The van der Waals surface area contributed by atoms with Crippen molar-refractivity contribution < 1.29 is 13.2 Å². The Morgan fingerprint density at radius 2 is 1.13 bits per heavy atom. The molecule has 3 aliphatic rings. The van der Waals surface area contributed by atoms with E-state index in [-0.39, 0.29) is 11.8 Å². The number of fused-ring (bicyclic) bond motifs is 5. The van der Waals surface area contributed by atoms with Gasteiger partial charge in [-0.25, -0.2) is 4.98 Å². The molecule has 0 N–H and O–H groups in total. The van der Waals surface area contributed by atoms with E-state index >= 15 is 0 Å². The van der Waals surface area contributed by atoms with Crippen LogP contribution < -0.4 is 0 Å². The van der Waals surface area contributed by atoms with Crippen LogP contribution in [0.4, 0.5) is 13.2 Å². The summed E-state index contributed by atoms with van der Waals surface area (Å²) in [5.41, 5.74) is 12.5. The van der Waals surface area contributed by atoms with E-state index in [4.69, 9.17) is 4.98 Å². The lowest BCUT2D eigenvalue weighted by atomic mass is 9.73. The molecule has 2 unspecified atom stereocenters. The Labute approximate surface area is 299 Å². The van der Waals surface area contributed by atoms with Gasteiger partial charge in [0.25, 0.3) is 0 Å². The third-order valence-electron chi connectivity index (χ3n) is 10.9. The zero-order chi connectivity index (χ0) is 35.0. The first-order valence-corrected chi connectivity index (χ1v) is 17.5. The number of aromatic nitrogens is 1. The van der Waals surface area contributed by atoms with Gasteiger partial charge in [-0.15, -0.1) is 0 Å². The third kappa shape index (κ3) is 4.67. The zero-order valence-electron chi connectivity index (χ0n) is 27.9. The molecule has 1 heterocycles. The van der Waals surface area contributed by atoms with Crippen LogP contribution in [0.25, 0.3) is 66.2 Å². The third-order valence-corrected chi connectivity index (χ3v) is 10.9. The van der Waals surface area contributed by atoms with Crippen LogP contribution >= 0.6 is 0 Å². The van der Waals surface area contributed by atoms with Gasteiger partial charge in [0.2, 0.25) is 0 Å². The molecule has 2 atom stereocenters. The summed E-state index contributed by atoms with van der Waals surface area (Å²) in [5.74, 6) is 0.161. The van der Waals surface area contributed by atoms with Gasteiger partial charge >= 0.3 is 6.18 Å². The molecule has 6 aromatic carbocycles. The van der Waals surface area contributed by atoms with Crippen LogP contribution in [0.5, 0.6) is 0 Å². The number of benzene rings is 6. The number of nitrogens with zero attached hydrogens (tertiary/aromatic N) is 1. The maximum atomic E-state index is 13.4. The van der Waals surface area contributed by atoms with Crippen LogP contribution in [0.3, 0.4) is 0 Å². The van der Waals surface area contributed by atoms with Crippen molar-refractivity contribution in [3.63, 3.8) is 0 Å². The molecule has 10 rings (SSSR count). The van der Waals surface area contributed by atoms with Gasteiger partial charge in [0.1, 0.15) is 0 Å². The van der Waals surface area contributed by atoms with Gasteiger partial charge < -0.3 is 0 Å². The van der Waals surface area contributed by atoms with E-state index < -0.39 is 11.7 Å². The second kappa shape index (κ2) is 11.6. The molecule has 7 aromatic rings. The van der Waals surface area contributed by atoms with Crippen molar-refractivity contribution in [2.75, 3.05) is 0 Å². The summed E-state index contributed by atoms with van der Waals surface area (Å²) in [6, 6.07) is 45.7. The molecule has 248 valence electrons. The highest BCUT2D eigenvalue weighted by atomic mass is 19.4. The average Bonchev–Trinajstić information content (AvgIpc) is 3.52. The second-order valence-corrected chi connectivity index (χ2v) is 13.7. The van der Waals surface area contributed by atoms with E-state index in [1.165, 1.54) is 67.4 Å². The molecule has 52 heavy (non-hydrogen) atoms. The van der Waals surface area contributed by atoms with E-state index in [0.29, 0.717) is 11.3 Å². The van der Waals surface area contributed by atoms with Crippen molar-refractivity contribution >= 4 is 32.7 Å². The Morgan fingerprint density at radius 3 is 1.83 bits per heavy atom.